The standard InChI is InChI=1S/C16H18N4O2/c1-11-3-5-13(6-4-11)20-10-12(9-15(20)21)16(22)17-14-7-8-19(2)18-14/h3-8,12H,9-10H2,1-2H3,(H,17,18,22). The van der Waals surface area contributed by atoms with Gasteiger partial charge in [-0.2, -0.15) is 5.10 Å². The molecule has 1 unspecified atom stereocenters. The van der Waals surface area contributed by atoms with Crippen molar-refractivity contribution in [2.24, 2.45) is 13.0 Å². The summed E-state index contributed by atoms with van der Waals surface area (Å²) in [7, 11) is 1.79. The number of hydrogen-bond acceptors (Lipinski definition) is 3. The van der Waals surface area contributed by atoms with Gasteiger partial charge in [-0.3, -0.25) is 14.3 Å². The lowest BCUT2D eigenvalue weighted by Gasteiger charge is -2.16. The fraction of sp³-hybridized carbons (Fsp3) is 0.312. The minimum absolute atomic E-state index is 0.0231. The van der Waals surface area contributed by atoms with Gasteiger partial charge in [0.15, 0.2) is 5.82 Å². The number of hydrogen-bond donors (Lipinski definition) is 1. The lowest BCUT2D eigenvalue weighted by atomic mass is 10.1. The summed E-state index contributed by atoms with van der Waals surface area (Å²) in [5.41, 5.74) is 1.98. The molecule has 2 amide bonds. The third-order valence-corrected chi connectivity index (χ3v) is 3.81. The minimum atomic E-state index is -0.351. The molecule has 1 N–H and O–H groups in total. The van der Waals surface area contributed by atoms with Crippen LogP contribution in [0.3, 0.4) is 0 Å². The molecular weight excluding hydrogens is 280 g/mol. The molecule has 0 aliphatic carbocycles. The van der Waals surface area contributed by atoms with E-state index in [-0.39, 0.29) is 24.2 Å². The summed E-state index contributed by atoms with van der Waals surface area (Å²) < 4.78 is 1.62. The molecule has 6 heteroatoms. The number of rotatable bonds is 3. The van der Waals surface area contributed by atoms with E-state index in [4.69, 9.17) is 0 Å². The predicted molar refractivity (Wildman–Crippen MR) is 83.5 cm³/mol. The fourth-order valence-electron chi connectivity index (χ4n) is 2.57. The smallest absolute Gasteiger partial charge is 0.231 e. The zero-order chi connectivity index (χ0) is 15.7. The molecule has 1 atom stereocenters. The Hall–Kier alpha value is -2.63. The molecule has 0 bridgehead atoms. The van der Waals surface area contributed by atoms with Crippen molar-refractivity contribution in [2.45, 2.75) is 13.3 Å². The van der Waals surface area contributed by atoms with Gasteiger partial charge in [-0.15, -0.1) is 0 Å². The lowest BCUT2D eigenvalue weighted by molar-refractivity contribution is -0.122. The SMILES string of the molecule is Cc1ccc(N2CC(C(=O)Nc3ccn(C)n3)CC2=O)cc1. The van der Waals surface area contributed by atoms with Gasteiger partial charge in [0.25, 0.3) is 0 Å². The first-order valence-corrected chi connectivity index (χ1v) is 7.20. The maximum atomic E-state index is 12.3. The Morgan fingerprint density at radius 2 is 2.00 bits per heavy atom. The van der Waals surface area contributed by atoms with Crippen LogP contribution in [0, 0.1) is 12.8 Å². The van der Waals surface area contributed by atoms with Crippen LogP contribution in [0.5, 0.6) is 0 Å². The summed E-state index contributed by atoms with van der Waals surface area (Å²) in [4.78, 5) is 26.1. The monoisotopic (exact) mass is 298 g/mol. The number of aryl methyl sites for hydroxylation is 2. The number of anilines is 2. The van der Waals surface area contributed by atoms with Crippen molar-refractivity contribution in [1.29, 1.82) is 0 Å². The molecule has 3 rings (SSSR count). The Kier molecular flexibility index (Phi) is 3.66. The molecule has 1 saturated heterocycles. The van der Waals surface area contributed by atoms with Crippen molar-refractivity contribution in [3.63, 3.8) is 0 Å². The molecule has 114 valence electrons. The molecule has 6 nitrogen and oxygen atoms in total. The van der Waals surface area contributed by atoms with Crippen molar-refractivity contribution in [3.05, 3.63) is 42.1 Å². The topological polar surface area (TPSA) is 67.2 Å². The van der Waals surface area contributed by atoms with Crippen LogP contribution in [0.2, 0.25) is 0 Å². The highest BCUT2D eigenvalue weighted by Crippen LogP contribution is 2.26. The zero-order valence-corrected chi connectivity index (χ0v) is 12.6. The number of nitrogens with zero attached hydrogens (tertiary/aromatic N) is 3. The number of aromatic nitrogens is 2. The number of amides is 2. The maximum absolute atomic E-state index is 12.3. The molecule has 2 aromatic rings. The van der Waals surface area contributed by atoms with E-state index in [1.807, 2.05) is 31.2 Å². The third-order valence-electron chi connectivity index (χ3n) is 3.81. The summed E-state index contributed by atoms with van der Waals surface area (Å²) in [5, 5.41) is 6.87. The first-order valence-electron chi connectivity index (χ1n) is 7.20. The van der Waals surface area contributed by atoms with Crippen molar-refractivity contribution >= 4 is 23.3 Å². The molecule has 22 heavy (non-hydrogen) atoms. The second-order valence-electron chi connectivity index (χ2n) is 5.60. The second-order valence-corrected chi connectivity index (χ2v) is 5.60. The van der Waals surface area contributed by atoms with Gasteiger partial charge in [-0.25, -0.2) is 0 Å². The van der Waals surface area contributed by atoms with Gasteiger partial charge in [0.1, 0.15) is 0 Å². The summed E-state index contributed by atoms with van der Waals surface area (Å²) in [5.74, 6) is -0.0313. The molecule has 1 fully saturated rings. The molecule has 2 heterocycles. The van der Waals surface area contributed by atoms with E-state index in [2.05, 4.69) is 10.4 Å². The van der Waals surface area contributed by atoms with Crippen molar-refractivity contribution in [3.8, 4) is 0 Å². The molecule has 1 aromatic heterocycles. The Morgan fingerprint density at radius 1 is 1.27 bits per heavy atom. The van der Waals surface area contributed by atoms with Crippen molar-refractivity contribution < 1.29 is 9.59 Å². The lowest BCUT2D eigenvalue weighted by Crippen LogP contribution is -2.28. The van der Waals surface area contributed by atoms with Crippen LogP contribution in [-0.2, 0) is 16.6 Å². The van der Waals surface area contributed by atoms with Crippen LogP contribution in [0.15, 0.2) is 36.5 Å². The Morgan fingerprint density at radius 3 is 2.64 bits per heavy atom. The molecule has 1 aliphatic rings. The van der Waals surface area contributed by atoms with E-state index >= 15 is 0 Å². The van der Waals surface area contributed by atoms with Crippen LogP contribution >= 0.6 is 0 Å². The Balaban J connectivity index is 1.68. The van der Waals surface area contributed by atoms with Crippen LogP contribution in [-0.4, -0.2) is 28.1 Å². The Labute approximate surface area is 128 Å². The summed E-state index contributed by atoms with van der Waals surface area (Å²) in [6, 6.07) is 9.47. The van der Waals surface area contributed by atoms with Crippen LogP contribution in [0.25, 0.3) is 0 Å². The highest BCUT2D eigenvalue weighted by Gasteiger charge is 2.35. The molecule has 0 radical (unpaired) electrons. The van der Waals surface area contributed by atoms with E-state index in [0.29, 0.717) is 12.4 Å². The number of nitrogens with one attached hydrogen (secondary N) is 1. The largest absolute Gasteiger partial charge is 0.312 e. The van der Waals surface area contributed by atoms with Crippen LogP contribution < -0.4 is 10.2 Å². The van der Waals surface area contributed by atoms with Gasteiger partial charge in [0.05, 0.1) is 5.92 Å². The number of carbonyl (C=O) groups is 2. The molecule has 1 aliphatic heterocycles. The maximum Gasteiger partial charge on any atom is 0.231 e. The summed E-state index contributed by atoms with van der Waals surface area (Å²) >= 11 is 0. The van der Waals surface area contributed by atoms with E-state index in [0.717, 1.165) is 11.3 Å². The van der Waals surface area contributed by atoms with E-state index in [1.165, 1.54) is 0 Å². The molecule has 0 spiro atoms. The van der Waals surface area contributed by atoms with Gasteiger partial charge >= 0.3 is 0 Å². The number of carbonyl (C=O) groups excluding carboxylic acids is 2. The second kappa shape index (κ2) is 5.63. The van der Waals surface area contributed by atoms with Crippen LogP contribution in [0.1, 0.15) is 12.0 Å². The highest BCUT2D eigenvalue weighted by molar-refractivity contribution is 6.03. The van der Waals surface area contributed by atoms with Crippen LogP contribution in [0.4, 0.5) is 11.5 Å². The van der Waals surface area contributed by atoms with E-state index in [1.54, 1.807) is 28.9 Å². The average molecular weight is 298 g/mol. The number of benzene rings is 1. The van der Waals surface area contributed by atoms with Gasteiger partial charge in [0, 0.05) is 38.0 Å². The first kappa shape index (κ1) is 14.3. The van der Waals surface area contributed by atoms with Crippen molar-refractivity contribution in [1.82, 2.24) is 9.78 Å². The van der Waals surface area contributed by atoms with Gasteiger partial charge in [0.2, 0.25) is 11.8 Å². The average Bonchev–Trinajstić information content (AvgIpc) is 3.06. The molecular formula is C16H18N4O2. The molecule has 1 aromatic carbocycles. The van der Waals surface area contributed by atoms with Gasteiger partial charge < -0.3 is 10.2 Å². The summed E-state index contributed by atoms with van der Waals surface area (Å²) in [6.07, 6.45) is 1.99. The molecule has 0 saturated carbocycles. The minimum Gasteiger partial charge on any atom is -0.312 e. The summed E-state index contributed by atoms with van der Waals surface area (Å²) in [6.45, 7) is 2.40. The van der Waals surface area contributed by atoms with Crippen molar-refractivity contribution in [2.75, 3.05) is 16.8 Å². The zero-order valence-electron chi connectivity index (χ0n) is 12.6. The normalized spacial score (nSPS) is 17.8. The quantitative estimate of drug-likeness (QED) is 0.938. The van der Waals surface area contributed by atoms with E-state index < -0.39 is 0 Å². The van der Waals surface area contributed by atoms with Gasteiger partial charge in [-0.05, 0) is 19.1 Å². The first-order chi connectivity index (χ1) is 10.5. The predicted octanol–water partition coefficient (Wildman–Crippen LogP) is 1.72. The Bertz CT molecular complexity index is 705. The van der Waals surface area contributed by atoms with E-state index in [9.17, 15) is 9.59 Å². The van der Waals surface area contributed by atoms with Gasteiger partial charge in [-0.1, -0.05) is 17.7 Å². The highest BCUT2D eigenvalue weighted by atomic mass is 16.2. The third kappa shape index (κ3) is 2.86. The fourth-order valence-corrected chi connectivity index (χ4v) is 2.57.